The summed E-state index contributed by atoms with van der Waals surface area (Å²) in [4.78, 5) is 4.55. The Morgan fingerprint density at radius 3 is 2.68 bits per heavy atom. The Kier molecular flexibility index (Phi) is 3.78. The molecule has 2 saturated carbocycles. The molecule has 4 unspecified atom stereocenters. The first-order chi connectivity index (χ1) is 9.09. The fourth-order valence-electron chi connectivity index (χ4n) is 4.34. The maximum absolute atomic E-state index is 11.1. The zero-order valence-electron chi connectivity index (χ0n) is 11.5. The summed E-state index contributed by atoms with van der Waals surface area (Å²) in [6.45, 7) is 0. The van der Waals surface area contributed by atoms with E-state index in [0.29, 0.717) is 11.8 Å². The Bertz CT molecular complexity index is 367. The highest BCUT2D eigenvalue weighted by Gasteiger charge is 2.52. The molecule has 0 radical (unpaired) electrons. The minimum atomic E-state index is -0.875. The number of amidine groups is 1. The molecule has 2 aliphatic carbocycles. The van der Waals surface area contributed by atoms with Gasteiger partial charge in [-0.3, -0.25) is 4.99 Å². The van der Waals surface area contributed by atoms with E-state index in [2.05, 4.69) is 4.99 Å². The SMILES string of the molecule is NC1=NC2CCC(Cl)CC2C1(O)CC1CCCCC1. The quantitative estimate of drug-likeness (QED) is 0.766. The molecule has 0 bridgehead atoms. The predicted molar refractivity (Wildman–Crippen MR) is 78.5 cm³/mol. The van der Waals surface area contributed by atoms with Crippen molar-refractivity contribution in [2.24, 2.45) is 22.6 Å². The number of aliphatic hydroxyl groups is 1. The normalized spacial score (nSPS) is 43.9. The van der Waals surface area contributed by atoms with Crippen LogP contribution in [0.15, 0.2) is 4.99 Å². The fraction of sp³-hybridized carbons (Fsp3) is 0.933. The molecule has 1 aliphatic heterocycles. The van der Waals surface area contributed by atoms with Gasteiger partial charge < -0.3 is 10.8 Å². The van der Waals surface area contributed by atoms with Gasteiger partial charge in [-0.15, -0.1) is 11.6 Å². The summed E-state index contributed by atoms with van der Waals surface area (Å²) in [6.07, 6.45) is 10.0. The van der Waals surface area contributed by atoms with Crippen molar-refractivity contribution >= 4 is 17.4 Å². The van der Waals surface area contributed by atoms with Gasteiger partial charge in [-0.05, 0) is 31.6 Å². The number of rotatable bonds is 2. The Balaban J connectivity index is 1.74. The first kappa shape index (κ1) is 13.7. The first-order valence-electron chi connectivity index (χ1n) is 7.80. The molecule has 4 atom stereocenters. The first-order valence-corrected chi connectivity index (χ1v) is 8.23. The minimum Gasteiger partial charge on any atom is -0.385 e. The highest BCUT2D eigenvalue weighted by molar-refractivity contribution is 6.20. The monoisotopic (exact) mass is 284 g/mol. The van der Waals surface area contributed by atoms with Gasteiger partial charge in [-0.1, -0.05) is 32.1 Å². The Morgan fingerprint density at radius 1 is 1.21 bits per heavy atom. The number of fused-ring (bicyclic) bond motifs is 1. The van der Waals surface area contributed by atoms with E-state index in [-0.39, 0.29) is 17.3 Å². The molecule has 0 saturated heterocycles. The van der Waals surface area contributed by atoms with Crippen LogP contribution in [-0.4, -0.2) is 28.0 Å². The van der Waals surface area contributed by atoms with E-state index in [1.807, 2.05) is 0 Å². The van der Waals surface area contributed by atoms with Gasteiger partial charge in [0.2, 0.25) is 0 Å². The molecule has 0 spiro atoms. The lowest BCUT2D eigenvalue weighted by Gasteiger charge is -2.39. The van der Waals surface area contributed by atoms with Gasteiger partial charge in [0.05, 0.1) is 6.04 Å². The van der Waals surface area contributed by atoms with E-state index in [9.17, 15) is 5.11 Å². The van der Waals surface area contributed by atoms with E-state index in [0.717, 1.165) is 25.7 Å². The van der Waals surface area contributed by atoms with Gasteiger partial charge in [-0.2, -0.15) is 0 Å². The summed E-state index contributed by atoms with van der Waals surface area (Å²) in [6, 6.07) is 0.212. The number of aliphatic imine (C=N–C) groups is 1. The summed E-state index contributed by atoms with van der Waals surface area (Å²) in [5.74, 6) is 1.26. The highest BCUT2D eigenvalue weighted by Crippen LogP contribution is 2.45. The number of nitrogens with two attached hydrogens (primary N) is 1. The standard InChI is InChI=1S/C15H25ClN2O/c16-11-6-7-13-12(8-11)15(19,14(17)18-13)9-10-4-2-1-3-5-10/h10-13,19H,1-9H2,(H2,17,18). The highest BCUT2D eigenvalue weighted by atomic mass is 35.5. The lowest BCUT2D eigenvalue weighted by Crippen LogP contribution is -2.51. The smallest absolute Gasteiger partial charge is 0.127 e. The molecule has 0 aromatic carbocycles. The maximum atomic E-state index is 11.1. The minimum absolute atomic E-state index is 0.158. The summed E-state index contributed by atoms with van der Waals surface area (Å²) in [7, 11) is 0. The van der Waals surface area contributed by atoms with Crippen molar-refractivity contribution in [1.29, 1.82) is 0 Å². The molecule has 2 fully saturated rings. The zero-order chi connectivity index (χ0) is 13.5. The molecule has 0 aromatic rings. The van der Waals surface area contributed by atoms with Gasteiger partial charge in [0.25, 0.3) is 0 Å². The molecular weight excluding hydrogens is 260 g/mol. The zero-order valence-corrected chi connectivity index (χ0v) is 12.3. The second-order valence-electron chi connectivity index (χ2n) is 6.73. The number of hydrogen-bond donors (Lipinski definition) is 2. The lowest BCUT2D eigenvalue weighted by molar-refractivity contribution is 0.00884. The Labute approximate surface area is 120 Å². The van der Waals surface area contributed by atoms with Gasteiger partial charge in [0, 0.05) is 11.3 Å². The topological polar surface area (TPSA) is 58.6 Å². The van der Waals surface area contributed by atoms with Crippen LogP contribution in [0, 0.1) is 11.8 Å². The molecule has 108 valence electrons. The lowest BCUT2D eigenvalue weighted by atomic mass is 9.70. The van der Waals surface area contributed by atoms with Gasteiger partial charge in [0.1, 0.15) is 11.4 Å². The second-order valence-corrected chi connectivity index (χ2v) is 7.35. The Hall–Kier alpha value is -0.280. The molecule has 3 N–H and O–H groups in total. The van der Waals surface area contributed by atoms with Crippen molar-refractivity contribution in [2.45, 2.75) is 74.8 Å². The van der Waals surface area contributed by atoms with Crippen molar-refractivity contribution in [2.75, 3.05) is 0 Å². The Morgan fingerprint density at radius 2 is 1.95 bits per heavy atom. The van der Waals surface area contributed by atoms with Crippen LogP contribution in [0.25, 0.3) is 0 Å². The largest absolute Gasteiger partial charge is 0.385 e. The maximum Gasteiger partial charge on any atom is 0.127 e. The van der Waals surface area contributed by atoms with Crippen LogP contribution >= 0.6 is 11.6 Å². The van der Waals surface area contributed by atoms with Crippen LogP contribution in [0.5, 0.6) is 0 Å². The van der Waals surface area contributed by atoms with Crippen molar-refractivity contribution < 1.29 is 5.11 Å². The van der Waals surface area contributed by atoms with E-state index < -0.39 is 5.60 Å². The van der Waals surface area contributed by atoms with Crippen molar-refractivity contribution in [3.63, 3.8) is 0 Å². The van der Waals surface area contributed by atoms with Crippen LogP contribution in [0.3, 0.4) is 0 Å². The van der Waals surface area contributed by atoms with Crippen LogP contribution in [0.1, 0.15) is 57.8 Å². The van der Waals surface area contributed by atoms with Crippen LogP contribution in [-0.2, 0) is 0 Å². The summed E-state index contributed by atoms with van der Waals surface area (Å²) in [5.41, 5.74) is 5.22. The van der Waals surface area contributed by atoms with E-state index in [4.69, 9.17) is 17.3 Å². The van der Waals surface area contributed by atoms with Gasteiger partial charge in [0.15, 0.2) is 0 Å². The van der Waals surface area contributed by atoms with E-state index in [1.165, 1.54) is 32.1 Å². The number of nitrogens with zero attached hydrogens (tertiary/aromatic N) is 1. The third kappa shape index (κ3) is 2.52. The van der Waals surface area contributed by atoms with E-state index in [1.54, 1.807) is 0 Å². The summed E-state index contributed by atoms with van der Waals surface area (Å²) >= 11 is 6.30. The van der Waals surface area contributed by atoms with Crippen LogP contribution < -0.4 is 5.73 Å². The van der Waals surface area contributed by atoms with E-state index >= 15 is 0 Å². The molecule has 3 aliphatic rings. The van der Waals surface area contributed by atoms with Gasteiger partial charge in [-0.25, -0.2) is 0 Å². The molecular formula is C15H25ClN2O. The second kappa shape index (κ2) is 5.25. The summed E-state index contributed by atoms with van der Waals surface area (Å²) in [5, 5.41) is 11.3. The molecule has 4 heteroatoms. The average molecular weight is 285 g/mol. The number of alkyl halides is 1. The molecule has 19 heavy (non-hydrogen) atoms. The average Bonchev–Trinajstić information content (AvgIpc) is 2.64. The van der Waals surface area contributed by atoms with Crippen molar-refractivity contribution in [1.82, 2.24) is 0 Å². The number of halogens is 1. The van der Waals surface area contributed by atoms with Crippen LogP contribution in [0.2, 0.25) is 0 Å². The number of hydrogen-bond acceptors (Lipinski definition) is 3. The molecule has 3 nitrogen and oxygen atoms in total. The van der Waals surface area contributed by atoms with Crippen LogP contribution in [0.4, 0.5) is 0 Å². The third-order valence-corrected chi connectivity index (χ3v) is 5.83. The predicted octanol–water partition coefficient (Wildman–Crippen LogP) is 2.83. The molecule has 3 rings (SSSR count). The van der Waals surface area contributed by atoms with Crippen molar-refractivity contribution in [3.8, 4) is 0 Å². The summed E-state index contributed by atoms with van der Waals surface area (Å²) < 4.78 is 0. The van der Waals surface area contributed by atoms with Crippen molar-refractivity contribution in [3.05, 3.63) is 0 Å². The molecule has 0 aromatic heterocycles. The third-order valence-electron chi connectivity index (χ3n) is 5.44. The molecule has 0 amide bonds. The molecule has 1 heterocycles. The van der Waals surface area contributed by atoms with Gasteiger partial charge >= 0.3 is 0 Å². The fourth-order valence-corrected chi connectivity index (χ4v) is 4.66.